The van der Waals surface area contributed by atoms with Gasteiger partial charge < -0.3 is 14.2 Å². The van der Waals surface area contributed by atoms with Gasteiger partial charge in [-0.05, 0) is 51.2 Å². The Hall–Kier alpha value is -1.89. The summed E-state index contributed by atoms with van der Waals surface area (Å²) in [6.07, 6.45) is 6.41. The number of piperazine rings is 1. The van der Waals surface area contributed by atoms with Crippen LogP contribution in [0.25, 0.3) is 5.69 Å². The third-order valence-electron chi connectivity index (χ3n) is 6.41. The lowest BCUT2D eigenvalue weighted by atomic mass is 9.84. The van der Waals surface area contributed by atoms with Crippen molar-refractivity contribution in [1.29, 1.82) is 0 Å². The summed E-state index contributed by atoms with van der Waals surface area (Å²) in [7, 11) is 6.26. The van der Waals surface area contributed by atoms with Crippen LogP contribution in [-0.4, -0.2) is 83.7 Å². The maximum Gasteiger partial charge on any atom is 0.127 e. The van der Waals surface area contributed by atoms with Crippen LogP contribution in [-0.2, 0) is 6.54 Å². The third-order valence-corrected chi connectivity index (χ3v) is 6.41. The van der Waals surface area contributed by atoms with E-state index in [0.717, 1.165) is 36.9 Å². The zero-order chi connectivity index (χ0) is 18.9. The predicted octanol–water partition coefficient (Wildman–Crippen LogP) is 2.09. The maximum absolute atomic E-state index is 5.27. The molecule has 0 radical (unpaired) electrons. The number of piperidine rings is 1. The van der Waals surface area contributed by atoms with E-state index >= 15 is 0 Å². The number of nitrogens with zero attached hydrogens (tertiary/aromatic N) is 5. The molecule has 0 atom stereocenters. The quantitative estimate of drug-likeness (QED) is 0.825. The lowest BCUT2D eigenvalue weighted by Gasteiger charge is -2.52. The van der Waals surface area contributed by atoms with Crippen molar-refractivity contribution in [2.75, 3.05) is 53.9 Å². The van der Waals surface area contributed by atoms with Crippen LogP contribution in [0.4, 0.5) is 0 Å². The van der Waals surface area contributed by atoms with E-state index in [9.17, 15) is 0 Å². The number of ether oxygens (including phenoxy) is 1. The average Bonchev–Trinajstić information content (AvgIpc) is 3.15. The highest BCUT2D eigenvalue weighted by Crippen LogP contribution is 2.31. The molecule has 2 aliphatic rings. The summed E-state index contributed by atoms with van der Waals surface area (Å²) in [6.45, 7) is 6.72. The molecule has 2 aliphatic heterocycles. The number of hydrogen-bond donors (Lipinski definition) is 0. The van der Waals surface area contributed by atoms with E-state index < -0.39 is 0 Å². The van der Waals surface area contributed by atoms with Crippen molar-refractivity contribution >= 4 is 0 Å². The molecule has 146 valence electrons. The molecule has 1 spiro atoms. The smallest absolute Gasteiger partial charge is 0.127 e. The molecule has 0 bridgehead atoms. The molecule has 0 saturated carbocycles. The van der Waals surface area contributed by atoms with Crippen molar-refractivity contribution in [3.8, 4) is 11.4 Å². The van der Waals surface area contributed by atoms with Crippen LogP contribution in [0, 0.1) is 0 Å². The van der Waals surface area contributed by atoms with Crippen molar-refractivity contribution < 1.29 is 4.74 Å². The highest BCUT2D eigenvalue weighted by atomic mass is 16.5. The molecule has 1 aromatic heterocycles. The zero-order valence-corrected chi connectivity index (χ0v) is 16.8. The van der Waals surface area contributed by atoms with E-state index in [1.165, 1.54) is 32.5 Å². The second kappa shape index (κ2) is 7.62. The zero-order valence-electron chi connectivity index (χ0n) is 16.8. The maximum atomic E-state index is 5.27. The number of imidazole rings is 1. The van der Waals surface area contributed by atoms with E-state index in [2.05, 4.69) is 50.5 Å². The van der Waals surface area contributed by atoms with E-state index in [-0.39, 0.29) is 0 Å². The van der Waals surface area contributed by atoms with Gasteiger partial charge in [0.05, 0.1) is 13.7 Å². The minimum absolute atomic E-state index is 0.356. The van der Waals surface area contributed by atoms with Gasteiger partial charge in [0, 0.05) is 56.3 Å². The number of rotatable bonds is 4. The fraction of sp³-hybridized carbons (Fsp3) is 0.571. The molecule has 4 rings (SSSR count). The molecular weight excluding hydrogens is 338 g/mol. The van der Waals surface area contributed by atoms with E-state index in [1.54, 1.807) is 7.11 Å². The lowest BCUT2D eigenvalue weighted by molar-refractivity contribution is -0.0210. The minimum Gasteiger partial charge on any atom is -0.497 e. The largest absolute Gasteiger partial charge is 0.497 e. The van der Waals surface area contributed by atoms with Crippen LogP contribution in [0.2, 0.25) is 0 Å². The molecule has 2 fully saturated rings. The second-order valence-electron chi connectivity index (χ2n) is 8.07. The Bertz CT molecular complexity index is 748. The van der Waals surface area contributed by atoms with Crippen LogP contribution in [0.5, 0.6) is 5.75 Å². The van der Waals surface area contributed by atoms with Crippen molar-refractivity contribution in [1.82, 2.24) is 24.3 Å². The molecule has 0 unspecified atom stereocenters. The van der Waals surface area contributed by atoms with Crippen LogP contribution >= 0.6 is 0 Å². The first-order valence-corrected chi connectivity index (χ1v) is 9.88. The molecule has 0 N–H and O–H groups in total. The van der Waals surface area contributed by atoms with E-state index in [0.29, 0.717) is 5.54 Å². The van der Waals surface area contributed by atoms with Crippen LogP contribution in [0.15, 0.2) is 36.7 Å². The minimum atomic E-state index is 0.356. The highest BCUT2D eigenvalue weighted by Gasteiger charge is 2.41. The van der Waals surface area contributed by atoms with Gasteiger partial charge in [-0.1, -0.05) is 0 Å². The van der Waals surface area contributed by atoms with Gasteiger partial charge in [0.15, 0.2) is 0 Å². The Labute approximate surface area is 162 Å². The lowest BCUT2D eigenvalue weighted by Crippen LogP contribution is -2.63. The molecule has 2 aromatic rings. The van der Waals surface area contributed by atoms with Crippen LogP contribution in [0.3, 0.4) is 0 Å². The number of aromatic nitrogens is 2. The standard InChI is InChI=1S/C21H31N5O/c1-23-14-15-24(2)21(17-23)8-11-25(12-9-21)16-20-22-10-13-26(20)18-4-6-19(27-3)7-5-18/h4-7,10,13H,8-9,11-12,14-17H2,1-3H3. The average molecular weight is 370 g/mol. The highest BCUT2D eigenvalue weighted by molar-refractivity contribution is 5.38. The summed E-state index contributed by atoms with van der Waals surface area (Å²) < 4.78 is 7.45. The molecule has 2 saturated heterocycles. The Morgan fingerprint density at radius 1 is 1.04 bits per heavy atom. The first-order valence-electron chi connectivity index (χ1n) is 9.88. The van der Waals surface area contributed by atoms with Gasteiger partial charge in [-0.3, -0.25) is 9.80 Å². The number of methoxy groups -OCH3 is 1. The topological polar surface area (TPSA) is 36.8 Å². The van der Waals surface area contributed by atoms with Gasteiger partial charge in [-0.25, -0.2) is 4.98 Å². The van der Waals surface area contributed by atoms with E-state index in [4.69, 9.17) is 4.74 Å². The normalized spacial score (nSPS) is 21.6. The Balaban J connectivity index is 1.42. The first-order chi connectivity index (χ1) is 13.1. The van der Waals surface area contributed by atoms with Crippen LogP contribution < -0.4 is 4.74 Å². The van der Waals surface area contributed by atoms with Gasteiger partial charge in [0.1, 0.15) is 11.6 Å². The molecule has 27 heavy (non-hydrogen) atoms. The SMILES string of the molecule is COc1ccc(-n2ccnc2CN2CCC3(CC2)CN(C)CCN3C)cc1. The Morgan fingerprint density at radius 3 is 2.48 bits per heavy atom. The van der Waals surface area contributed by atoms with Crippen molar-refractivity contribution in [3.05, 3.63) is 42.5 Å². The molecule has 1 aromatic carbocycles. The second-order valence-corrected chi connectivity index (χ2v) is 8.07. The molecule has 0 amide bonds. The molecular formula is C21H31N5O. The number of likely N-dealkylation sites (tertiary alicyclic amines) is 1. The van der Waals surface area contributed by atoms with Gasteiger partial charge in [0.2, 0.25) is 0 Å². The fourth-order valence-electron chi connectivity index (χ4n) is 4.56. The number of likely N-dealkylation sites (N-methyl/N-ethyl adjacent to an activating group) is 2. The van der Waals surface area contributed by atoms with Gasteiger partial charge in [-0.2, -0.15) is 0 Å². The predicted molar refractivity (Wildman–Crippen MR) is 107 cm³/mol. The summed E-state index contributed by atoms with van der Waals surface area (Å²) in [4.78, 5) is 12.3. The number of hydrogen-bond acceptors (Lipinski definition) is 5. The van der Waals surface area contributed by atoms with Gasteiger partial charge >= 0.3 is 0 Å². The number of benzene rings is 1. The first kappa shape index (κ1) is 18.5. The van der Waals surface area contributed by atoms with Crippen LogP contribution in [0.1, 0.15) is 18.7 Å². The monoisotopic (exact) mass is 369 g/mol. The van der Waals surface area contributed by atoms with Crippen molar-refractivity contribution in [2.45, 2.75) is 24.9 Å². The van der Waals surface area contributed by atoms with Crippen molar-refractivity contribution in [2.24, 2.45) is 0 Å². The summed E-state index contributed by atoms with van der Waals surface area (Å²) >= 11 is 0. The Kier molecular flexibility index (Phi) is 5.21. The molecule has 6 heteroatoms. The van der Waals surface area contributed by atoms with Gasteiger partial charge in [-0.15, -0.1) is 0 Å². The summed E-state index contributed by atoms with van der Waals surface area (Å²) in [5.74, 6) is 1.98. The fourth-order valence-corrected chi connectivity index (χ4v) is 4.56. The van der Waals surface area contributed by atoms with E-state index in [1.807, 2.05) is 24.5 Å². The van der Waals surface area contributed by atoms with Gasteiger partial charge in [0.25, 0.3) is 0 Å². The molecule has 3 heterocycles. The van der Waals surface area contributed by atoms with Crippen molar-refractivity contribution in [3.63, 3.8) is 0 Å². The summed E-state index contributed by atoms with van der Waals surface area (Å²) in [5, 5.41) is 0. The summed E-state index contributed by atoms with van der Waals surface area (Å²) in [5.41, 5.74) is 1.49. The molecule has 0 aliphatic carbocycles. The third kappa shape index (κ3) is 3.74. The Morgan fingerprint density at radius 2 is 1.78 bits per heavy atom. The molecule has 6 nitrogen and oxygen atoms in total. The summed E-state index contributed by atoms with van der Waals surface area (Å²) in [6, 6.07) is 8.17.